The van der Waals surface area contributed by atoms with Crippen LogP contribution in [0.5, 0.6) is 11.5 Å². The molecule has 2 rings (SSSR count). The second-order valence-corrected chi connectivity index (χ2v) is 3.56. The van der Waals surface area contributed by atoms with Crippen molar-refractivity contribution in [3.63, 3.8) is 0 Å². The highest BCUT2D eigenvalue weighted by molar-refractivity contribution is 6.99. The number of nitrogen functional groups attached to an aromatic ring is 1. The molecule has 6 heteroatoms. The lowest BCUT2D eigenvalue weighted by Gasteiger charge is -2.10. The van der Waals surface area contributed by atoms with Crippen molar-refractivity contribution >= 4 is 17.5 Å². The van der Waals surface area contributed by atoms with Gasteiger partial charge in [-0.3, -0.25) is 0 Å². The Morgan fingerprint density at radius 3 is 2.19 bits per heavy atom. The summed E-state index contributed by atoms with van der Waals surface area (Å²) in [5.74, 6) is 1.71. The highest BCUT2D eigenvalue weighted by Gasteiger charge is 2.17. The standard InChI is InChI=1S/C10H11N3O2S/c1-14-6-4-3-5-7(15-2)8(6)9-10(11)13-16-12-9/h3-5H,1-2H3,(H2,11,13). The molecule has 0 atom stereocenters. The van der Waals surface area contributed by atoms with E-state index >= 15 is 0 Å². The van der Waals surface area contributed by atoms with Gasteiger partial charge in [-0.1, -0.05) is 6.07 Å². The number of methoxy groups -OCH3 is 2. The van der Waals surface area contributed by atoms with Gasteiger partial charge in [-0.25, -0.2) is 0 Å². The van der Waals surface area contributed by atoms with Crippen LogP contribution < -0.4 is 15.2 Å². The summed E-state index contributed by atoms with van der Waals surface area (Å²) in [5.41, 5.74) is 7.08. The Hall–Kier alpha value is -1.82. The predicted molar refractivity (Wildman–Crippen MR) is 62.9 cm³/mol. The molecule has 0 aliphatic heterocycles. The minimum atomic E-state index is 0.382. The van der Waals surface area contributed by atoms with Crippen LogP contribution in [-0.2, 0) is 0 Å². The van der Waals surface area contributed by atoms with Crippen molar-refractivity contribution in [2.24, 2.45) is 0 Å². The molecule has 0 aliphatic rings. The molecule has 2 aromatic rings. The van der Waals surface area contributed by atoms with Crippen LogP contribution in [0.15, 0.2) is 18.2 Å². The second-order valence-electron chi connectivity index (χ2n) is 3.04. The molecule has 16 heavy (non-hydrogen) atoms. The summed E-state index contributed by atoms with van der Waals surface area (Å²) in [5, 5.41) is 0. The number of anilines is 1. The summed E-state index contributed by atoms with van der Waals surface area (Å²) in [6, 6.07) is 5.50. The summed E-state index contributed by atoms with van der Waals surface area (Å²) in [4.78, 5) is 0. The van der Waals surface area contributed by atoms with Crippen LogP contribution in [0.25, 0.3) is 11.3 Å². The monoisotopic (exact) mass is 237 g/mol. The number of hydrogen-bond acceptors (Lipinski definition) is 6. The number of nitrogens with two attached hydrogens (primary N) is 1. The van der Waals surface area contributed by atoms with Gasteiger partial charge >= 0.3 is 0 Å². The third kappa shape index (κ3) is 1.67. The van der Waals surface area contributed by atoms with Gasteiger partial charge < -0.3 is 15.2 Å². The normalized spacial score (nSPS) is 10.1. The smallest absolute Gasteiger partial charge is 0.165 e. The first kappa shape index (κ1) is 10.7. The molecule has 0 amide bonds. The van der Waals surface area contributed by atoms with E-state index in [1.54, 1.807) is 14.2 Å². The third-order valence-electron chi connectivity index (χ3n) is 2.18. The van der Waals surface area contributed by atoms with E-state index in [4.69, 9.17) is 15.2 Å². The fourth-order valence-corrected chi connectivity index (χ4v) is 1.94. The summed E-state index contributed by atoms with van der Waals surface area (Å²) in [7, 11) is 3.18. The van der Waals surface area contributed by atoms with Crippen molar-refractivity contribution in [2.75, 3.05) is 20.0 Å². The Balaban J connectivity index is 2.66. The minimum absolute atomic E-state index is 0.382. The van der Waals surface area contributed by atoms with Crippen LogP contribution in [0.3, 0.4) is 0 Å². The summed E-state index contributed by atoms with van der Waals surface area (Å²) < 4.78 is 18.6. The Morgan fingerprint density at radius 1 is 1.12 bits per heavy atom. The number of ether oxygens (including phenoxy) is 2. The van der Waals surface area contributed by atoms with Crippen LogP contribution in [0.1, 0.15) is 0 Å². The summed E-state index contributed by atoms with van der Waals surface area (Å²) in [6.45, 7) is 0. The van der Waals surface area contributed by atoms with Crippen LogP contribution in [-0.4, -0.2) is 23.0 Å². The fraction of sp³-hybridized carbons (Fsp3) is 0.200. The number of rotatable bonds is 3. The fourth-order valence-electron chi connectivity index (χ4n) is 1.45. The SMILES string of the molecule is COc1cccc(OC)c1-c1nsnc1N. The van der Waals surface area contributed by atoms with Crippen molar-refractivity contribution < 1.29 is 9.47 Å². The molecule has 2 N–H and O–H groups in total. The number of aromatic nitrogens is 2. The predicted octanol–water partition coefficient (Wildman–Crippen LogP) is 1.80. The number of nitrogens with zero attached hydrogens (tertiary/aromatic N) is 2. The average molecular weight is 237 g/mol. The second kappa shape index (κ2) is 4.36. The largest absolute Gasteiger partial charge is 0.496 e. The lowest BCUT2D eigenvalue weighted by molar-refractivity contribution is 0.397. The van der Waals surface area contributed by atoms with E-state index in [-0.39, 0.29) is 0 Å². The Labute approximate surface area is 97.1 Å². The van der Waals surface area contributed by atoms with Gasteiger partial charge in [0.2, 0.25) is 0 Å². The van der Waals surface area contributed by atoms with E-state index in [9.17, 15) is 0 Å². The molecule has 0 spiro atoms. The first-order valence-corrected chi connectivity index (χ1v) is 5.30. The lowest BCUT2D eigenvalue weighted by Crippen LogP contribution is -1.95. The lowest BCUT2D eigenvalue weighted by atomic mass is 10.1. The van der Waals surface area contributed by atoms with Gasteiger partial charge in [0.25, 0.3) is 0 Å². The van der Waals surface area contributed by atoms with E-state index in [2.05, 4.69) is 8.75 Å². The zero-order chi connectivity index (χ0) is 11.5. The first-order chi connectivity index (χ1) is 7.77. The van der Waals surface area contributed by atoms with Crippen molar-refractivity contribution in [2.45, 2.75) is 0 Å². The van der Waals surface area contributed by atoms with Crippen LogP contribution in [0.4, 0.5) is 5.82 Å². The van der Waals surface area contributed by atoms with Gasteiger partial charge in [-0.15, -0.1) is 0 Å². The molecule has 0 saturated heterocycles. The van der Waals surface area contributed by atoms with Crippen LogP contribution >= 0.6 is 11.7 Å². The molecule has 0 saturated carbocycles. The van der Waals surface area contributed by atoms with E-state index < -0.39 is 0 Å². The molecule has 5 nitrogen and oxygen atoms in total. The molecule has 0 bridgehead atoms. The highest BCUT2D eigenvalue weighted by atomic mass is 32.1. The summed E-state index contributed by atoms with van der Waals surface area (Å²) >= 11 is 1.06. The zero-order valence-corrected chi connectivity index (χ0v) is 9.75. The van der Waals surface area contributed by atoms with E-state index in [1.807, 2.05) is 18.2 Å². The van der Waals surface area contributed by atoms with Gasteiger partial charge in [-0.05, 0) is 12.1 Å². The molecule has 0 aliphatic carbocycles. The molecule has 1 aromatic carbocycles. The summed E-state index contributed by atoms with van der Waals surface area (Å²) in [6.07, 6.45) is 0. The Kier molecular flexibility index (Phi) is 2.91. The molecule has 0 fully saturated rings. The zero-order valence-electron chi connectivity index (χ0n) is 8.93. The topological polar surface area (TPSA) is 70.3 Å². The van der Waals surface area contributed by atoms with Gasteiger partial charge in [0.1, 0.15) is 17.2 Å². The maximum atomic E-state index is 5.75. The molecular formula is C10H11N3O2S. The Morgan fingerprint density at radius 2 is 1.75 bits per heavy atom. The molecule has 0 unspecified atom stereocenters. The number of benzene rings is 1. The first-order valence-electron chi connectivity index (χ1n) is 4.57. The molecule has 0 radical (unpaired) electrons. The average Bonchev–Trinajstić information content (AvgIpc) is 2.74. The van der Waals surface area contributed by atoms with E-state index in [1.165, 1.54) is 0 Å². The van der Waals surface area contributed by atoms with Gasteiger partial charge in [0.05, 0.1) is 31.5 Å². The van der Waals surface area contributed by atoms with Gasteiger partial charge in [-0.2, -0.15) is 8.75 Å². The maximum absolute atomic E-state index is 5.75. The minimum Gasteiger partial charge on any atom is -0.496 e. The van der Waals surface area contributed by atoms with Crippen molar-refractivity contribution in [3.8, 4) is 22.8 Å². The van der Waals surface area contributed by atoms with Crippen molar-refractivity contribution in [3.05, 3.63) is 18.2 Å². The van der Waals surface area contributed by atoms with Crippen LogP contribution in [0.2, 0.25) is 0 Å². The van der Waals surface area contributed by atoms with E-state index in [0.29, 0.717) is 23.0 Å². The van der Waals surface area contributed by atoms with Gasteiger partial charge in [0.15, 0.2) is 5.82 Å². The molecular weight excluding hydrogens is 226 g/mol. The Bertz CT molecular complexity index is 476. The quantitative estimate of drug-likeness (QED) is 0.881. The van der Waals surface area contributed by atoms with E-state index in [0.717, 1.165) is 17.3 Å². The maximum Gasteiger partial charge on any atom is 0.165 e. The molecule has 1 heterocycles. The van der Waals surface area contributed by atoms with Crippen molar-refractivity contribution in [1.29, 1.82) is 0 Å². The molecule has 84 valence electrons. The van der Waals surface area contributed by atoms with Gasteiger partial charge in [0, 0.05) is 0 Å². The third-order valence-corrected chi connectivity index (χ3v) is 2.72. The van der Waals surface area contributed by atoms with Crippen molar-refractivity contribution in [1.82, 2.24) is 8.75 Å². The molecule has 1 aromatic heterocycles. The highest BCUT2D eigenvalue weighted by Crippen LogP contribution is 2.39. The number of hydrogen-bond donors (Lipinski definition) is 1. The van der Waals surface area contributed by atoms with Crippen LogP contribution in [0, 0.1) is 0 Å².